The van der Waals surface area contributed by atoms with Crippen LogP contribution in [0.5, 0.6) is 0 Å². The molecular weight excluding hydrogens is 228 g/mol. The van der Waals surface area contributed by atoms with Crippen molar-refractivity contribution in [3.63, 3.8) is 0 Å². The SMILES string of the molecule is COC(=O)[C@]1([Si](C)(C)C)C[C@@H]1c1ccccc1. The molecule has 2 atom stereocenters. The molecule has 0 saturated heterocycles. The van der Waals surface area contributed by atoms with E-state index in [1.165, 1.54) is 12.7 Å². The third kappa shape index (κ3) is 1.82. The van der Waals surface area contributed by atoms with Gasteiger partial charge in [0.15, 0.2) is 0 Å². The zero-order valence-electron chi connectivity index (χ0n) is 11.0. The molecule has 2 nitrogen and oxygen atoms in total. The smallest absolute Gasteiger partial charge is 0.309 e. The van der Waals surface area contributed by atoms with Gasteiger partial charge in [0.2, 0.25) is 0 Å². The van der Waals surface area contributed by atoms with E-state index in [1.807, 2.05) is 18.2 Å². The second-order valence-corrected chi connectivity index (χ2v) is 11.3. The Balaban J connectivity index is 2.34. The van der Waals surface area contributed by atoms with Crippen LogP contribution in [0.25, 0.3) is 0 Å². The van der Waals surface area contributed by atoms with Crippen LogP contribution in [0.4, 0.5) is 0 Å². The van der Waals surface area contributed by atoms with Gasteiger partial charge in [-0.05, 0) is 17.9 Å². The van der Waals surface area contributed by atoms with Crippen LogP contribution < -0.4 is 0 Å². The molecule has 0 radical (unpaired) electrons. The molecule has 92 valence electrons. The fourth-order valence-corrected chi connectivity index (χ4v) is 5.64. The predicted molar refractivity (Wildman–Crippen MR) is 71.9 cm³/mol. The van der Waals surface area contributed by atoms with E-state index in [-0.39, 0.29) is 11.0 Å². The summed E-state index contributed by atoms with van der Waals surface area (Å²) >= 11 is 0. The molecule has 1 saturated carbocycles. The van der Waals surface area contributed by atoms with E-state index in [4.69, 9.17) is 4.74 Å². The quantitative estimate of drug-likeness (QED) is 0.605. The minimum atomic E-state index is -1.58. The number of hydrogen-bond donors (Lipinski definition) is 0. The van der Waals surface area contributed by atoms with Crippen molar-refractivity contribution in [3.8, 4) is 0 Å². The molecular formula is C14H20O2Si. The molecule has 0 unspecified atom stereocenters. The lowest BCUT2D eigenvalue weighted by Crippen LogP contribution is -2.37. The van der Waals surface area contributed by atoms with E-state index >= 15 is 0 Å². The number of benzene rings is 1. The number of carbonyl (C=O) groups excluding carboxylic acids is 1. The lowest BCUT2D eigenvalue weighted by molar-refractivity contribution is -0.141. The largest absolute Gasteiger partial charge is 0.469 e. The highest BCUT2D eigenvalue weighted by atomic mass is 28.3. The van der Waals surface area contributed by atoms with Crippen molar-refractivity contribution in [3.05, 3.63) is 35.9 Å². The van der Waals surface area contributed by atoms with Crippen molar-refractivity contribution in [1.82, 2.24) is 0 Å². The molecule has 17 heavy (non-hydrogen) atoms. The van der Waals surface area contributed by atoms with Crippen LogP contribution in [-0.4, -0.2) is 21.2 Å². The van der Waals surface area contributed by atoms with Crippen LogP contribution in [0.15, 0.2) is 30.3 Å². The van der Waals surface area contributed by atoms with Crippen LogP contribution in [0.3, 0.4) is 0 Å². The van der Waals surface area contributed by atoms with Gasteiger partial charge in [-0.15, -0.1) is 0 Å². The third-order valence-electron chi connectivity index (χ3n) is 4.05. The Morgan fingerprint density at radius 3 is 2.35 bits per heavy atom. The topological polar surface area (TPSA) is 26.3 Å². The molecule has 1 aromatic carbocycles. The molecule has 1 aliphatic carbocycles. The Kier molecular flexibility index (Phi) is 2.90. The maximum absolute atomic E-state index is 12.1. The van der Waals surface area contributed by atoms with Gasteiger partial charge in [-0.1, -0.05) is 50.0 Å². The van der Waals surface area contributed by atoms with E-state index < -0.39 is 8.07 Å². The summed E-state index contributed by atoms with van der Waals surface area (Å²) in [6.07, 6.45) is 0.958. The number of hydrogen-bond acceptors (Lipinski definition) is 2. The first kappa shape index (κ1) is 12.4. The summed E-state index contributed by atoms with van der Waals surface area (Å²) in [4.78, 5) is 12.1. The van der Waals surface area contributed by atoms with Gasteiger partial charge >= 0.3 is 5.97 Å². The van der Waals surface area contributed by atoms with E-state index in [9.17, 15) is 4.79 Å². The fraction of sp³-hybridized carbons (Fsp3) is 0.500. The second kappa shape index (κ2) is 3.98. The molecule has 0 N–H and O–H groups in total. The summed E-state index contributed by atoms with van der Waals surface area (Å²) < 4.78 is 5.05. The van der Waals surface area contributed by atoms with Crippen LogP contribution in [0, 0.1) is 0 Å². The Morgan fingerprint density at radius 2 is 1.88 bits per heavy atom. The highest BCUT2D eigenvalue weighted by Crippen LogP contribution is 2.71. The number of ether oxygens (including phenoxy) is 1. The minimum absolute atomic E-state index is 0.00878. The number of carbonyl (C=O) groups is 1. The van der Waals surface area contributed by atoms with Crippen molar-refractivity contribution in [2.75, 3.05) is 7.11 Å². The molecule has 1 fully saturated rings. The zero-order valence-corrected chi connectivity index (χ0v) is 12.0. The first-order chi connectivity index (χ1) is 7.93. The van der Waals surface area contributed by atoms with Gasteiger partial charge in [-0.25, -0.2) is 0 Å². The van der Waals surface area contributed by atoms with Crippen molar-refractivity contribution in [2.45, 2.75) is 37.0 Å². The molecule has 1 aromatic rings. The first-order valence-electron chi connectivity index (χ1n) is 6.07. The van der Waals surface area contributed by atoms with E-state index in [1.54, 1.807) is 0 Å². The zero-order chi connectivity index (χ0) is 12.7. The lowest BCUT2D eigenvalue weighted by Gasteiger charge is -2.28. The van der Waals surface area contributed by atoms with Gasteiger partial charge in [-0.2, -0.15) is 0 Å². The van der Waals surface area contributed by atoms with E-state index in [0.29, 0.717) is 5.92 Å². The van der Waals surface area contributed by atoms with Crippen molar-refractivity contribution >= 4 is 14.0 Å². The lowest BCUT2D eigenvalue weighted by atomic mass is 10.1. The van der Waals surface area contributed by atoms with E-state index in [2.05, 4.69) is 31.8 Å². The highest BCUT2D eigenvalue weighted by molar-refractivity contribution is 6.83. The maximum Gasteiger partial charge on any atom is 0.309 e. The van der Waals surface area contributed by atoms with Crippen molar-refractivity contribution < 1.29 is 9.53 Å². The van der Waals surface area contributed by atoms with Gasteiger partial charge in [0.1, 0.15) is 0 Å². The number of methoxy groups -OCH3 is 1. The summed E-state index contributed by atoms with van der Waals surface area (Å²) in [7, 11) is -0.0736. The van der Waals surface area contributed by atoms with Crippen molar-refractivity contribution in [2.24, 2.45) is 0 Å². The van der Waals surface area contributed by atoms with Crippen LogP contribution in [0.1, 0.15) is 17.9 Å². The maximum atomic E-state index is 12.1. The van der Waals surface area contributed by atoms with Gasteiger partial charge in [0.25, 0.3) is 0 Å². The summed E-state index contributed by atoms with van der Waals surface area (Å²) in [5, 5.41) is -0.205. The molecule has 1 aliphatic rings. The molecule has 2 rings (SSSR count). The summed E-state index contributed by atoms with van der Waals surface area (Å²) in [5.41, 5.74) is 1.28. The first-order valence-corrected chi connectivity index (χ1v) is 9.57. The minimum Gasteiger partial charge on any atom is -0.469 e. The van der Waals surface area contributed by atoms with Gasteiger partial charge in [0.05, 0.1) is 20.2 Å². The van der Waals surface area contributed by atoms with Gasteiger partial charge < -0.3 is 4.74 Å². The predicted octanol–water partition coefficient (Wildman–Crippen LogP) is 3.43. The molecule has 0 aromatic heterocycles. The molecule has 0 bridgehead atoms. The average molecular weight is 248 g/mol. The molecule has 3 heteroatoms. The molecule has 0 spiro atoms. The van der Waals surface area contributed by atoms with Crippen LogP contribution in [0.2, 0.25) is 24.7 Å². The average Bonchev–Trinajstić information content (AvgIpc) is 3.05. The summed E-state index contributed by atoms with van der Waals surface area (Å²) in [6.45, 7) is 6.77. The third-order valence-corrected chi connectivity index (χ3v) is 7.48. The standard InChI is InChI=1S/C14H20O2Si/c1-16-13(15)14(17(2,3)4)10-12(14)11-8-6-5-7-9-11/h5-9,12H,10H2,1-4H3/t12-,14+/m1/s1. The Morgan fingerprint density at radius 1 is 1.29 bits per heavy atom. The Labute approximate surface area is 104 Å². The molecule has 0 amide bonds. The van der Waals surface area contributed by atoms with Gasteiger partial charge in [0, 0.05) is 0 Å². The molecule has 0 aliphatic heterocycles. The van der Waals surface area contributed by atoms with E-state index in [0.717, 1.165) is 6.42 Å². The number of rotatable bonds is 3. The monoisotopic (exact) mass is 248 g/mol. The molecule has 0 heterocycles. The van der Waals surface area contributed by atoms with Gasteiger partial charge in [-0.3, -0.25) is 4.79 Å². The Bertz CT molecular complexity index is 422. The van der Waals surface area contributed by atoms with Crippen molar-refractivity contribution in [1.29, 1.82) is 0 Å². The van der Waals surface area contributed by atoms with Crippen LogP contribution >= 0.6 is 0 Å². The number of esters is 1. The fourth-order valence-electron chi connectivity index (χ4n) is 2.89. The second-order valence-electron chi connectivity index (χ2n) is 5.88. The Hall–Kier alpha value is -1.09. The normalized spacial score (nSPS) is 27.6. The summed E-state index contributed by atoms with van der Waals surface area (Å²) in [6, 6.07) is 10.3. The van der Waals surface area contributed by atoms with Crippen LogP contribution in [-0.2, 0) is 9.53 Å². The summed E-state index contributed by atoms with van der Waals surface area (Å²) in [5.74, 6) is 0.355. The highest BCUT2D eigenvalue weighted by Gasteiger charge is 2.68.